The number of ether oxygens (including phenoxy) is 1. The minimum Gasteiger partial charge on any atom is -0.490 e. The third-order valence-electron chi connectivity index (χ3n) is 5.54. The fraction of sp³-hybridized carbons (Fsp3) is 0.381. The van der Waals surface area contributed by atoms with Gasteiger partial charge in [-0.25, -0.2) is 4.39 Å². The maximum Gasteiger partial charge on any atom is 0.224 e. The number of nitrogens with zero attached hydrogens (tertiary/aromatic N) is 1. The number of carbonyl (C=O) groups is 1. The van der Waals surface area contributed by atoms with Crippen LogP contribution in [0.5, 0.6) is 5.75 Å². The van der Waals surface area contributed by atoms with Gasteiger partial charge < -0.3 is 20.1 Å². The van der Waals surface area contributed by atoms with E-state index in [2.05, 4.69) is 10.2 Å². The summed E-state index contributed by atoms with van der Waals surface area (Å²) < 4.78 is 19.9. The predicted molar refractivity (Wildman–Crippen MR) is 112 cm³/mol. The molecule has 1 saturated heterocycles. The van der Waals surface area contributed by atoms with Crippen molar-refractivity contribution in [2.45, 2.75) is 31.3 Å². The van der Waals surface area contributed by atoms with Crippen molar-refractivity contribution in [3.63, 3.8) is 0 Å². The molecule has 0 aromatic heterocycles. The normalized spacial score (nSPS) is 18.2. The largest absolute Gasteiger partial charge is 0.490 e. The molecule has 2 aromatic rings. The van der Waals surface area contributed by atoms with Gasteiger partial charge in [-0.2, -0.15) is 0 Å². The summed E-state index contributed by atoms with van der Waals surface area (Å²) in [6.45, 7) is 1.40. The third kappa shape index (κ3) is 4.29. The highest BCUT2D eigenvalue weighted by Gasteiger charge is 2.34. The van der Waals surface area contributed by atoms with Gasteiger partial charge in [0.05, 0.1) is 15.7 Å². The van der Waals surface area contributed by atoms with Crippen LogP contribution >= 0.6 is 23.2 Å². The van der Waals surface area contributed by atoms with Gasteiger partial charge in [0, 0.05) is 30.8 Å². The fourth-order valence-electron chi connectivity index (χ4n) is 3.78. The molecule has 1 fully saturated rings. The first kappa shape index (κ1) is 20.3. The van der Waals surface area contributed by atoms with Crippen LogP contribution in [0.15, 0.2) is 30.3 Å². The molecule has 2 aliphatic heterocycles. The van der Waals surface area contributed by atoms with Crippen molar-refractivity contribution in [1.29, 1.82) is 0 Å². The number of carbonyl (C=O) groups excluding carboxylic acids is 1. The van der Waals surface area contributed by atoms with E-state index in [1.807, 2.05) is 12.1 Å². The third-order valence-corrected chi connectivity index (χ3v) is 6.28. The number of hydrogen-bond acceptors (Lipinski definition) is 4. The Morgan fingerprint density at radius 3 is 2.62 bits per heavy atom. The van der Waals surface area contributed by atoms with E-state index < -0.39 is 11.4 Å². The number of piperidine rings is 1. The van der Waals surface area contributed by atoms with Gasteiger partial charge in [0.2, 0.25) is 5.91 Å². The van der Waals surface area contributed by atoms with E-state index in [0.717, 1.165) is 5.69 Å². The van der Waals surface area contributed by atoms with Crippen LogP contribution in [0.2, 0.25) is 10.0 Å². The average Bonchev–Trinajstić information content (AvgIpc) is 2.71. The molecule has 0 unspecified atom stereocenters. The first-order chi connectivity index (χ1) is 13.8. The zero-order chi connectivity index (χ0) is 20.6. The van der Waals surface area contributed by atoms with Crippen LogP contribution in [0, 0.1) is 5.82 Å². The highest BCUT2D eigenvalue weighted by atomic mass is 35.5. The molecule has 1 amide bonds. The minimum absolute atomic E-state index is 0.105. The summed E-state index contributed by atoms with van der Waals surface area (Å²) >= 11 is 12.1. The summed E-state index contributed by atoms with van der Waals surface area (Å²) in [5, 5.41) is 14.5. The molecular weight excluding hydrogens is 418 g/mol. The van der Waals surface area contributed by atoms with Gasteiger partial charge >= 0.3 is 0 Å². The van der Waals surface area contributed by atoms with E-state index in [-0.39, 0.29) is 24.6 Å². The van der Waals surface area contributed by atoms with Crippen molar-refractivity contribution in [1.82, 2.24) is 0 Å². The zero-order valence-corrected chi connectivity index (χ0v) is 17.2. The van der Waals surface area contributed by atoms with Crippen molar-refractivity contribution in [3.05, 3.63) is 51.8 Å². The van der Waals surface area contributed by atoms with Crippen molar-refractivity contribution in [2.75, 3.05) is 29.9 Å². The number of hydrogen-bond donors (Lipinski definition) is 2. The first-order valence-electron chi connectivity index (χ1n) is 9.51. The summed E-state index contributed by atoms with van der Waals surface area (Å²) in [7, 11) is 0. The average molecular weight is 439 g/mol. The highest BCUT2D eigenvalue weighted by molar-refractivity contribution is 6.42. The molecule has 0 radical (unpaired) electrons. The molecule has 29 heavy (non-hydrogen) atoms. The Morgan fingerprint density at radius 1 is 1.14 bits per heavy atom. The Balaban J connectivity index is 1.40. The van der Waals surface area contributed by atoms with Crippen LogP contribution in [0.3, 0.4) is 0 Å². The van der Waals surface area contributed by atoms with Gasteiger partial charge in [0.1, 0.15) is 23.8 Å². The van der Waals surface area contributed by atoms with Crippen molar-refractivity contribution in [3.8, 4) is 5.75 Å². The number of rotatable bonds is 4. The summed E-state index contributed by atoms with van der Waals surface area (Å²) in [6.07, 6.45) is 1.74. The fourth-order valence-corrected chi connectivity index (χ4v) is 4.07. The Morgan fingerprint density at radius 2 is 1.90 bits per heavy atom. The Kier molecular flexibility index (Phi) is 5.60. The lowest BCUT2D eigenvalue weighted by atomic mass is 9.92. The van der Waals surface area contributed by atoms with Crippen molar-refractivity contribution >= 4 is 40.5 Å². The van der Waals surface area contributed by atoms with E-state index in [0.29, 0.717) is 53.7 Å². The van der Waals surface area contributed by atoms with Crippen LogP contribution in [0.4, 0.5) is 15.8 Å². The number of aliphatic hydroxyl groups is 1. The summed E-state index contributed by atoms with van der Waals surface area (Å²) in [5.41, 5.74) is 0.804. The number of halogens is 3. The molecule has 0 saturated carbocycles. The molecule has 8 heteroatoms. The molecule has 5 nitrogen and oxygen atoms in total. The number of anilines is 2. The molecule has 0 aliphatic carbocycles. The van der Waals surface area contributed by atoms with E-state index in [4.69, 9.17) is 27.9 Å². The Bertz CT molecular complexity index is 946. The summed E-state index contributed by atoms with van der Waals surface area (Å²) in [5.74, 6) is -0.183. The topological polar surface area (TPSA) is 61.8 Å². The van der Waals surface area contributed by atoms with Crippen LogP contribution < -0.4 is 15.0 Å². The van der Waals surface area contributed by atoms with Crippen LogP contribution in [0.25, 0.3) is 0 Å². The monoisotopic (exact) mass is 438 g/mol. The second-order valence-electron chi connectivity index (χ2n) is 7.55. The zero-order valence-electron chi connectivity index (χ0n) is 15.7. The van der Waals surface area contributed by atoms with E-state index in [1.54, 1.807) is 12.1 Å². The lowest BCUT2D eigenvalue weighted by Crippen LogP contribution is -2.48. The number of fused-ring (bicyclic) bond motifs is 1. The lowest BCUT2D eigenvalue weighted by molar-refractivity contribution is -0.116. The van der Waals surface area contributed by atoms with Gasteiger partial charge in [-0.3, -0.25) is 4.79 Å². The van der Waals surface area contributed by atoms with Gasteiger partial charge in [-0.1, -0.05) is 23.2 Å². The quantitative estimate of drug-likeness (QED) is 0.740. The maximum absolute atomic E-state index is 14.0. The standard InChI is InChI=1S/C21H21Cl2FN2O3/c22-15-3-1-13(11-16(15)23)26-9-7-21(28,8-10-26)12-29-18-5-4-17(24)20-14(18)2-6-19(27)25-20/h1,3-5,11,28H,2,6-10,12H2,(H,25,27). The van der Waals surface area contributed by atoms with Crippen LogP contribution in [-0.2, 0) is 11.2 Å². The van der Waals surface area contributed by atoms with E-state index in [9.17, 15) is 14.3 Å². The molecule has 4 rings (SSSR count). The van der Waals surface area contributed by atoms with Gasteiger partial charge in [-0.05, 0) is 49.6 Å². The smallest absolute Gasteiger partial charge is 0.224 e. The molecule has 0 bridgehead atoms. The number of nitrogens with one attached hydrogen (secondary N) is 1. The summed E-state index contributed by atoms with van der Waals surface area (Å²) in [4.78, 5) is 13.7. The van der Waals surface area contributed by atoms with E-state index in [1.165, 1.54) is 6.07 Å². The molecule has 154 valence electrons. The molecule has 2 heterocycles. The first-order valence-corrected chi connectivity index (χ1v) is 10.3. The number of amides is 1. The molecule has 2 N–H and O–H groups in total. The molecule has 2 aliphatic rings. The SMILES string of the molecule is O=C1CCc2c(OCC3(O)CCN(c4ccc(Cl)c(Cl)c4)CC3)ccc(F)c2N1. The predicted octanol–water partition coefficient (Wildman–Crippen LogP) is 4.43. The molecular formula is C21H21Cl2FN2O3. The van der Waals surface area contributed by atoms with Gasteiger partial charge in [0.15, 0.2) is 0 Å². The molecule has 0 spiro atoms. The van der Waals surface area contributed by atoms with Crippen LogP contribution in [-0.4, -0.2) is 36.3 Å². The molecule has 2 aromatic carbocycles. The second-order valence-corrected chi connectivity index (χ2v) is 8.36. The highest BCUT2D eigenvalue weighted by Crippen LogP contribution is 2.35. The minimum atomic E-state index is -0.980. The van der Waals surface area contributed by atoms with Crippen LogP contribution in [0.1, 0.15) is 24.8 Å². The Labute approximate surface area is 178 Å². The van der Waals surface area contributed by atoms with Crippen molar-refractivity contribution < 1.29 is 19.0 Å². The second kappa shape index (κ2) is 8.01. The van der Waals surface area contributed by atoms with E-state index >= 15 is 0 Å². The Hall–Kier alpha value is -2.02. The molecule has 0 atom stereocenters. The maximum atomic E-state index is 14.0. The van der Waals surface area contributed by atoms with Gasteiger partial charge in [0.25, 0.3) is 0 Å². The number of benzene rings is 2. The van der Waals surface area contributed by atoms with Gasteiger partial charge in [-0.15, -0.1) is 0 Å². The van der Waals surface area contributed by atoms with Crippen molar-refractivity contribution in [2.24, 2.45) is 0 Å². The lowest BCUT2D eigenvalue weighted by Gasteiger charge is -2.39. The summed E-state index contributed by atoms with van der Waals surface area (Å²) in [6, 6.07) is 8.33.